The van der Waals surface area contributed by atoms with Crippen molar-refractivity contribution in [3.05, 3.63) is 42.7 Å². The molecular formula is C19H22FN3O3S. The summed E-state index contributed by atoms with van der Waals surface area (Å²) in [7, 11) is 0. The van der Waals surface area contributed by atoms with Crippen molar-refractivity contribution in [3.8, 4) is 0 Å². The van der Waals surface area contributed by atoms with Gasteiger partial charge in [0.25, 0.3) is 0 Å². The fourth-order valence-electron chi connectivity index (χ4n) is 3.38. The van der Waals surface area contributed by atoms with Crippen LogP contribution >= 0.6 is 11.8 Å². The van der Waals surface area contributed by atoms with Crippen LogP contribution in [0.3, 0.4) is 0 Å². The normalized spacial score (nSPS) is 20.4. The molecule has 2 heterocycles. The molecule has 0 radical (unpaired) electrons. The molecule has 3 amide bonds. The third kappa shape index (κ3) is 4.50. The van der Waals surface area contributed by atoms with Crippen LogP contribution in [0.25, 0.3) is 0 Å². The Kier molecular flexibility index (Phi) is 6.15. The number of nitrogens with zero attached hydrogens (tertiary/aromatic N) is 2. The van der Waals surface area contributed by atoms with Gasteiger partial charge in [0, 0.05) is 30.4 Å². The monoisotopic (exact) mass is 391 g/mol. The summed E-state index contributed by atoms with van der Waals surface area (Å²) in [5.41, 5.74) is 0.376. The second-order valence-corrected chi connectivity index (χ2v) is 7.63. The number of rotatable bonds is 4. The number of nitrogens with one attached hydrogen (secondary N) is 1. The first-order valence-electron chi connectivity index (χ1n) is 8.85. The molecular weight excluding hydrogens is 369 g/mol. The van der Waals surface area contributed by atoms with Gasteiger partial charge in [0.1, 0.15) is 11.9 Å². The summed E-state index contributed by atoms with van der Waals surface area (Å²) in [6, 6.07) is 5.12. The quantitative estimate of drug-likeness (QED) is 0.798. The van der Waals surface area contributed by atoms with Crippen molar-refractivity contribution in [2.75, 3.05) is 30.0 Å². The molecule has 1 N–H and O–H groups in total. The maximum Gasteiger partial charge on any atom is 0.248 e. The number of anilines is 1. The van der Waals surface area contributed by atoms with E-state index in [1.807, 2.05) is 0 Å². The summed E-state index contributed by atoms with van der Waals surface area (Å²) in [5.74, 6) is -0.121. The molecule has 1 aromatic rings. The van der Waals surface area contributed by atoms with E-state index in [1.54, 1.807) is 15.9 Å². The Balaban J connectivity index is 1.60. The van der Waals surface area contributed by atoms with Gasteiger partial charge in [-0.15, -0.1) is 11.8 Å². The Morgan fingerprint density at radius 3 is 2.67 bits per heavy atom. The Morgan fingerprint density at radius 1 is 1.26 bits per heavy atom. The fraction of sp³-hybridized carbons (Fsp3) is 0.421. The fourth-order valence-corrected chi connectivity index (χ4v) is 4.54. The molecule has 2 aliphatic rings. The van der Waals surface area contributed by atoms with Gasteiger partial charge in [-0.25, -0.2) is 4.39 Å². The first-order valence-corrected chi connectivity index (χ1v) is 10.0. The maximum absolute atomic E-state index is 13.3. The van der Waals surface area contributed by atoms with Crippen LogP contribution in [0.4, 0.5) is 10.1 Å². The highest BCUT2D eigenvalue weighted by Gasteiger charge is 2.38. The van der Waals surface area contributed by atoms with Crippen LogP contribution in [0.2, 0.25) is 0 Å². The van der Waals surface area contributed by atoms with Crippen LogP contribution in [-0.2, 0) is 14.4 Å². The lowest BCUT2D eigenvalue weighted by Gasteiger charge is -2.33. The van der Waals surface area contributed by atoms with E-state index < -0.39 is 11.9 Å². The summed E-state index contributed by atoms with van der Waals surface area (Å²) in [5, 5.41) is 2.69. The summed E-state index contributed by atoms with van der Waals surface area (Å²) in [6.45, 7) is 4.52. The first kappa shape index (κ1) is 19.4. The Hall–Kier alpha value is -2.35. The van der Waals surface area contributed by atoms with Crippen molar-refractivity contribution in [2.24, 2.45) is 5.92 Å². The number of hydrogen-bond acceptors (Lipinski definition) is 4. The minimum atomic E-state index is -0.571. The van der Waals surface area contributed by atoms with E-state index >= 15 is 0 Å². The molecule has 0 aromatic heterocycles. The maximum atomic E-state index is 13.3. The van der Waals surface area contributed by atoms with Gasteiger partial charge in [-0.2, -0.15) is 0 Å². The van der Waals surface area contributed by atoms with Gasteiger partial charge in [-0.1, -0.05) is 12.6 Å². The zero-order valence-corrected chi connectivity index (χ0v) is 15.7. The third-order valence-corrected chi connectivity index (χ3v) is 5.90. The summed E-state index contributed by atoms with van der Waals surface area (Å²) < 4.78 is 13.3. The smallest absolute Gasteiger partial charge is 0.248 e. The number of piperidine rings is 1. The van der Waals surface area contributed by atoms with Crippen LogP contribution < -0.4 is 5.32 Å². The van der Waals surface area contributed by atoms with Crippen LogP contribution in [0.15, 0.2) is 36.9 Å². The number of thioether (sulfide) groups is 1. The number of carbonyl (C=O) groups is 3. The number of carbonyl (C=O) groups excluding carboxylic acids is 3. The standard InChI is InChI=1S/C19H22FN3O3S/c1-2-17(24)22-8-6-13(7-9-22)19(26)23-12-27-11-16(23)18(25)21-15-5-3-4-14(20)10-15/h2-5,10,13,16H,1,6-9,11-12H2,(H,21,25). The van der Waals surface area contributed by atoms with Gasteiger partial charge < -0.3 is 15.1 Å². The minimum absolute atomic E-state index is 0.0508. The Bertz CT molecular complexity index is 749. The molecule has 27 heavy (non-hydrogen) atoms. The highest BCUT2D eigenvalue weighted by atomic mass is 32.2. The lowest BCUT2D eigenvalue weighted by atomic mass is 9.94. The zero-order valence-electron chi connectivity index (χ0n) is 14.9. The third-order valence-electron chi connectivity index (χ3n) is 4.89. The van der Waals surface area contributed by atoms with E-state index in [0.29, 0.717) is 43.2 Å². The van der Waals surface area contributed by atoms with Crippen LogP contribution in [0, 0.1) is 11.7 Å². The van der Waals surface area contributed by atoms with Crippen LogP contribution in [-0.4, -0.2) is 58.3 Å². The Morgan fingerprint density at radius 2 is 2.00 bits per heavy atom. The van der Waals surface area contributed by atoms with E-state index in [1.165, 1.54) is 36.0 Å². The molecule has 2 aliphatic heterocycles. The molecule has 1 unspecified atom stereocenters. The predicted octanol–water partition coefficient (Wildman–Crippen LogP) is 2.09. The zero-order chi connectivity index (χ0) is 19.4. The number of halogens is 1. The predicted molar refractivity (Wildman–Crippen MR) is 102 cm³/mol. The van der Waals surface area contributed by atoms with Gasteiger partial charge in [-0.3, -0.25) is 14.4 Å². The molecule has 8 heteroatoms. The SMILES string of the molecule is C=CC(=O)N1CCC(C(=O)N2CSCC2C(=O)Nc2cccc(F)c2)CC1. The molecule has 0 bridgehead atoms. The molecule has 2 saturated heterocycles. The largest absolute Gasteiger partial charge is 0.339 e. The van der Waals surface area contributed by atoms with E-state index in [0.717, 1.165) is 0 Å². The number of amides is 3. The summed E-state index contributed by atoms with van der Waals surface area (Å²) in [4.78, 5) is 40.5. The average molecular weight is 391 g/mol. The van der Waals surface area contributed by atoms with Gasteiger partial charge in [0.15, 0.2) is 0 Å². The average Bonchev–Trinajstić information content (AvgIpc) is 3.17. The molecule has 1 aromatic carbocycles. The lowest BCUT2D eigenvalue weighted by molar-refractivity contribution is -0.142. The lowest BCUT2D eigenvalue weighted by Crippen LogP contribution is -2.49. The molecule has 0 saturated carbocycles. The van der Waals surface area contributed by atoms with Gasteiger partial charge in [0.2, 0.25) is 17.7 Å². The van der Waals surface area contributed by atoms with E-state index in [2.05, 4.69) is 11.9 Å². The first-order chi connectivity index (χ1) is 13.0. The van der Waals surface area contributed by atoms with Crippen molar-refractivity contribution in [2.45, 2.75) is 18.9 Å². The summed E-state index contributed by atoms with van der Waals surface area (Å²) in [6.07, 6.45) is 2.45. The second kappa shape index (κ2) is 8.56. The van der Waals surface area contributed by atoms with E-state index in [9.17, 15) is 18.8 Å². The molecule has 0 spiro atoms. The van der Waals surface area contributed by atoms with Gasteiger partial charge in [0.05, 0.1) is 5.88 Å². The molecule has 2 fully saturated rings. The topological polar surface area (TPSA) is 69.7 Å². The van der Waals surface area contributed by atoms with Crippen molar-refractivity contribution in [1.82, 2.24) is 9.80 Å². The molecule has 0 aliphatic carbocycles. The molecule has 1 atom stereocenters. The van der Waals surface area contributed by atoms with Crippen molar-refractivity contribution < 1.29 is 18.8 Å². The highest BCUT2D eigenvalue weighted by molar-refractivity contribution is 7.99. The van der Waals surface area contributed by atoms with Gasteiger partial charge in [-0.05, 0) is 37.1 Å². The van der Waals surface area contributed by atoms with Crippen molar-refractivity contribution >= 4 is 35.2 Å². The number of likely N-dealkylation sites (tertiary alicyclic amines) is 1. The minimum Gasteiger partial charge on any atom is -0.339 e. The molecule has 6 nitrogen and oxygen atoms in total. The second-order valence-electron chi connectivity index (χ2n) is 6.63. The number of benzene rings is 1. The number of hydrogen-bond donors (Lipinski definition) is 1. The van der Waals surface area contributed by atoms with Crippen molar-refractivity contribution in [1.29, 1.82) is 0 Å². The summed E-state index contributed by atoms with van der Waals surface area (Å²) >= 11 is 1.53. The molecule has 144 valence electrons. The highest BCUT2D eigenvalue weighted by Crippen LogP contribution is 2.28. The van der Waals surface area contributed by atoms with Gasteiger partial charge >= 0.3 is 0 Å². The van der Waals surface area contributed by atoms with E-state index in [-0.39, 0.29) is 23.6 Å². The van der Waals surface area contributed by atoms with Crippen LogP contribution in [0.1, 0.15) is 12.8 Å². The molecule has 3 rings (SSSR count). The van der Waals surface area contributed by atoms with E-state index in [4.69, 9.17) is 0 Å². The van der Waals surface area contributed by atoms with Crippen LogP contribution in [0.5, 0.6) is 0 Å². The Labute approximate surface area is 161 Å². The van der Waals surface area contributed by atoms with Crippen molar-refractivity contribution in [3.63, 3.8) is 0 Å².